The van der Waals surface area contributed by atoms with E-state index in [-0.39, 0.29) is 24.0 Å². The molecular weight excluding hydrogens is 180 g/mol. The van der Waals surface area contributed by atoms with E-state index in [2.05, 4.69) is 12.2 Å². The average Bonchev–Trinajstić information content (AvgIpc) is 2.23. The summed E-state index contributed by atoms with van der Waals surface area (Å²) >= 11 is 0. The van der Waals surface area contributed by atoms with Crippen molar-refractivity contribution in [3.8, 4) is 0 Å². The predicted octanol–water partition coefficient (Wildman–Crippen LogP) is 0.511. The Bertz CT molecular complexity index is 174. The van der Waals surface area contributed by atoms with Gasteiger partial charge in [-0.1, -0.05) is 20.3 Å². The maximum absolute atomic E-state index is 11.4. The topological polar surface area (TPSA) is 64.3 Å². The molecule has 0 rings (SSSR count). The number of carbonyl (C=O) groups is 1. The van der Waals surface area contributed by atoms with E-state index in [0.29, 0.717) is 6.54 Å². The van der Waals surface area contributed by atoms with Crippen molar-refractivity contribution < 1.29 is 9.53 Å². The first-order chi connectivity index (χ1) is 6.56. The van der Waals surface area contributed by atoms with Gasteiger partial charge in [0.25, 0.3) is 0 Å². The minimum atomic E-state index is -0.247. The van der Waals surface area contributed by atoms with Crippen LogP contribution in [0, 0.1) is 5.92 Å². The van der Waals surface area contributed by atoms with E-state index in [4.69, 9.17) is 10.5 Å². The van der Waals surface area contributed by atoms with Gasteiger partial charge in [0.15, 0.2) is 0 Å². The van der Waals surface area contributed by atoms with E-state index in [1.165, 1.54) is 7.11 Å². The largest absolute Gasteiger partial charge is 0.468 e. The Hall–Kier alpha value is -0.610. The molecule has 0 aromatic carbocycles. The molecule has 0 radical (unpaired) electrons. The van der Waals surface area contributed by atoms with Crippen molar-refractivity contribution in [2.45, 2.75) is 39.3 Å². The van der Waals surface area contributed by atoms with Crippen molar-refractivity contribution >= 4 is 5.97 Å². The minimum Gasteiger partial charge on any atom is -0.468 e. The third-order valence-electron chi connectivity index (χ3n) is 2.49. The summed E-state index contributed by atoms with van der Waals surface area (Å²) in [5.74, 6) is 0.0519. The fourth-order valence-corrected chi connectivity index (χ4v) is 1.20. The Morgan fingerprint density at radius 1 is 1.50 bits per heavy atom. The predicted molar refractivity (Wildman–Crippen MR) is 56.9 cm³/mol. The summed E-state index contributed by atoms with van der Waals surface area (Å²) in [6.07, 6.45) is 0.935. The summed E-state index contributed by atoms with van der Waals surface area (Å²) in [6, 6.07) is -0.114. The smallest absolute Gasteiger partial charge is 0.323 e. The lowest BCUT2D eigenvalue weighted by Crippen LogP contribution is -2.48. The Labute approximate surface area is 86.2 Å². The number of rotatable bonds is 6. The van der Waals surface area contributed by atoms with Gasteiger partial charge in [0.05, 0.1) is 7.11 Å². The molecule has 4 nitrogen and oxygen atoms in total. The summed E-state index contributed by atoms with van der Waals surface area (Å²) in [7, 11) is 1.41. The summed E-state index contributed by atoms with van der Waals surface area (Å²) in [5.41, 5.74) is 5.49. The molecule has 4 heteroatoms. The summed E-state index contributed by atoms with van der Waals surface area (Å²) < 4.78 is 4.74. The molecule has 0 saturated heterocycles. The van der Waals surface area contributed by atoms with Crippen LogP contribution in [0.15, 0.2) is 0 Å². The molecule has 14 heavy (non-hydrogen) atoms. The summed E-state index contributed by atoms with van der Waals surface area (Å²) in [6.45, 7) is 6.55. The first kappa shape index (κ1) is 13.4. The van der Waals surface area contributed by atoms with Gasteiger partial charge in [-0.05, 0) is 12.8 Å². The van der Waals surface area contributed by atoms with E-state index in [0.717, 1.165) is 6.42 Å². The van der Waals surface area contributed by atoms with Gasteiger partial charge < -0.3 is 15.8 Å². The fraction of sp³-hybridized carbons (Fsp3) is 0.900. The van der Waals surface area contributed by atoms with Crippen molar-refractivity contribution in [2.24, 2.45) is 11.7 Å². The zero-order chi connectivity index (χ0) is 11.1. The standard InChI is InChI=1S/C10H22N2O2/c1-5-7(2)9(10(13)14-4)12-8(3)6-11/h7-9,12H,5-6,11H2,1-4H3. The number of esters is 1. The zero-order valence-electron chi connectivity index (χ0n) is 9.54. The van der Waals surface area contributed by atoms with E-state index in [1.807, 2.05) is 13.8 Å². The number of nitrogens with two attached hydrogens (primary N) is 1. The normalized spacial score (nSPS) is 17.2. The second-order valence-electron chi connectivity index (χ2n) is 3.69. The lowest BCUT2D eigenvalue weighted by Gasteiger charge is -2.24. The van der Waals surface area contributed by atoms with Crippen LogP contribution in [-0.2, 0) is 9.53 Å². The van der Waals surface area contributed by atoms with Gasteiger partial charge in [-0.25, -0.2) is 0 Å². The number of carbonyl (C=O) groups excluding carboxylic acids is 1. The molecule has 0 aliphatic heterocycles. The lowest BCUT2D eigenvalue weighted by atomic mass is 9.98. The molecule has 0 saturated carbocycles. The average molecular weight is 202 g/mol. The number of hydrogen-bond acceptors (Lipinski definition) is 4. The van der Waals surface area contributed by atoms with E-state index >= 15 is 0 Å². The third kappa shape index (κ3) is 4.07. The number of ether oxygens (including phenoxy) is 1. The highest BCUT2D eigenvalue weighted by molar-refractivity contribution is 5.76. The van der Waals surface area contributed by atoms with Gasteiger partial charge in [-0.3, -0.25) is 4.79 Å². The van der Waals surface area contributed by atoms with Crippen LogP contribution in [0.4, 0.5) is 0 Å². The molecular formula is C10H22N2O2. The van der Waals surface area contributed by atoms with Crippen molar-refractivity contribution in [1.82, 2.24) is 5.32 Å². The molecule has 0 bridgehead atoms. The highest BCUT2D eigenvalue weighted by Crippen LogP contribution is 2.09. The van der Waals surface area contributed by atoms with Crippen LogP contribution in [0.5, 0.6) is 0 Å². The van der Waals surface area contributed by atoms with Crippen molar-refractivity contribution in [2.75, 3.05) is 13.7 Å². The first-order valence-electron chi connectivity index (χ1n) is 5.10. The van der Waals surface area contributed by atoms with Gasteiger partial charge in [0, 0.05) is 12.6 Å². The van der Waals surface area contributed by atoms with Crippen LogP contribution in [0.1, 0.15) is 27.2 Å². The van der Waals surface area contributed by atoms with Crippen LogP contribution >= 0.6 is 0 Å². The quantitative estimate of drug-likeness (QED) is 0.616. The molecule has 0 fully saturated rings. The van der Waals surface area contributed by atoms with Crippen LogP contribution in [0.25, 0.3) is 0 Å². The SMILES string of the molecule is CCC(C)C(NC(C)CN)C(=O)OC. The maximum Gasteiger partial charge on any atom is 0.323 e. The van der Waals surface area contributed by atoms with E-state index in [1.54, 1.807) is 0 Å². The molecule has 0 aromatic rings. The molecule has 3 unspecified atom stereocenters. The van der Waals surface area contributed by atoms with Gasteiger partial charge >= 0.3 is 5.97 Å². The van der Waals surface area contributed by atoms with Gasteiger partial charge in [-0.15, -0.1) is 0 Å². The summed E-state index contributed by atoms with van der Waals surface area (Å²) in [4.78, 5) is 11.4. The third-order valence-corrected chi connectivity index (χ3v) is 2.49. The van der Waals surface area contributed by atoms with Crippen LogP contribution < -0.4 is 11.1 Å². The van der Waals surface area contributed by atoms with E-state index < -0.39 is 0 Å². The Kier molecular flexibility index (Phi) is 6.49. The second kappa shape index (κ2) is 6.79. The van der Waals surface area contributed by atoms with E-state index in [9.17, 15) is 4.79 Å². The molecule has 0 spiro atoms. The number of methoxy groups -OCH3 is 1. The van der Waals surface area contributed by atoms with Crippen molar-refractivity contribution in [3.63, 3.8) is 0 Å². The Balaban J connectivity index is 4.31. The number of nitrogens with one attached hydrogen (secondary N) is 1. The lowest BCUT2D eigenvalue weighted by molar-refractivity contribution is -0.144. The van der Waals surface area contributed by atoms with Crippen LogP contribution in [-0.4, -0.2) is 31.7 Å². The fourth-order valence-electron chi connectivity index (χ4n) is 1.20. The second-order valence-corrected chi connectivity index (χ2v) is 3.69. The molecule has 84 valence electrons. The van der Waals surface area contributed by atoms with Gasteiger partial charge in [0.2, 0.25) is 0 Å². The zero-order valence-corrected chi connectivity index (χ0v) is 9.54. The van der Waals surface area contributed by atoms with Crippen molar-refractivity contribution in [1.29, 1.82) is 0 Å². The van der Waals surface area contributed by atoms with Crippen molar-refractivity contribution in [3.05, 3.63) is 0 Å². The molecule has 3 atom stereocenters. The number of hydrogen-bond donors (Lipinski definition) is 2. The molecule has 0 heterocycles. The monoisotopic (exact) mass is 202 g/mol. The minimum absolute atomic E-state index is 0.132. The molecule has 0 aliphatic rings. The maximum atomic E-state index is 11.4. The Morgan fingerprint density at radius 3 is 2.43 bits per heavy atom. The van der Waals surface area contributed by atoms with Gasteiger partial charge in [0.1, 0.15) is 6.04 Å². The molecule has 0 aromatic heterocycles. The Morgan fingerprint density at radius 2 is 2.07 bits per heavy atom. The van der Waals surface area contributed by atoms with Crippen LogP contribution in [0.2, 0.25) is 0 Å². The molecule has 0 aliphatic carbocycles. The highest BCUT2D eigenvalue weighted by Gasteiger charge is 2.25. The highest BCUT2D eigenvalue weighted by atomic mass is 16.5. The van der Waals surface area contributed by atoms with Crippen LogP contribution in [0.3, 0.4) is 0 Å². The molecule has 3 N–H and O–H groups in total. The first-order valence-corrected chi connectivity index (χ1v) is 5.10. The summed E-state index contributed by atoms with van der Waals surface area (Å²) in [5, 5.41) is 3.17. The molecule has 0 amide bonds. The van der Waals surface area contributed by atoms with Gasteiger partial charge in [-0.2, -0.15) is 0 Å².